The Morgan fingerprint density at radius 3 is 2.39 bits per heavy atom. The SMILES string of the molecule is CCCOP(=O)([O-])Oc1cc(C2(OCC(F)(F)F)OOC23C2CC4CC3CC(Cl)(C4)C2)ccc1Cl.[Na+]. The first kappa shape index (κ1) is 29.4. The summed E-state index contributed by atoms with van der Waals surface area (Å²) in [6.45, 7) is 0.0334. The van der Waals surface area contributed by atoms with E-state index in [1.807, 2.05) is 0 Å². The summed E-state index contributed by atoms with van der Waals surface area (Å²) in [4.78, 5) is 23.0. The van der Waals surface area contributed by atoms with Crippen LogP contribution in [-0.2, 0) is 29.4 Å². The Kier molecular flexibility index (Phi) is 8.26. The Morgan fingerprint density at radius 1 is 1.19 bits per heavy atom. The second kappa shape index (κ2) is 10.1. The fraction of sp³-hybridized carbons (Fsp3) is 0.727. The average Bonchev–Trinajstić information content (AvgIpc) is 2.72. The summed E-state index contributed by atoms with van der Waals surface area (Å²) in [5.41, 5.74) is -1.10. The largest absolute Gasteiger partial charge is 1.00 e. The zero-order chi connectivity index (χ0) is 25.3. The molecule has 0 radical (unpaired) electrons. The van der Waals surface area contributed by atoms with Crippen LogP contribution in [0.15, 0.2) is 18.2 Å². The van der Waals surface area contributed by atoms with Crippen LogP contribution in [0, 0.1) is 17.8 Å². The Bertz CT molecular complexity index is 1030. The molecule has 5 fully saturated rings. The third-order valence-electron chi connectivity index (χ3n) is 7.55. The predicted octanol–water partition coefficient (Wildman–Crippen LogP) is 2.87. The summed E-state index contributed by atoms with van der Waals surface area (Å²) in [5, 5.41) is -0.0741. The second-order valence-corrected chi connectivity index (χ2v) is 12.5. The van der Waals surface area contributed by atoms with E-state index in [1.165, 1.54) is 18.2 Å². The first-order valence-electron chi connectivity index (χ1n) is 11.5. The molecular weight excluding hydrogens is 558 g/mol. The van der Waals surface area contributed by atoms with Crippen molar-refractivity contribution in [1.82, 2.24) is 0 Å². The number of rotatable bonds is 8. The van der Waals surface area contributed by atoms with Crippen molar-refractivity contribution < 1.29 is 75.7 Å². The van der Waals surface area contributed by atoms with Gasteiger partial charge in [-0.2, -0.15) is 18.1 Å². The predicted molar refractivity (Wildman–Crippen MR) is 117 cm³/mol. The van der Waals surface area contributed by atoms with Crippen molar-refractivity contribution in [3.63, 3.8) is 0 Å². The van der Waals surface area contributed by atoms with Gasteiger partial charge >= 0.3 is 43.6 Å². The quantitative estimate of drug-likeness (QED) is 0.202. The molecule has 4 atom stereocenters. The Hall–Kier alpha value is 0.420. The molecule has 5 aliphatic rings. The van der Waals surface area contributed by atoms with E-state index in [9.17, 15) is 22.6 Å². The molecule has 1 saturated heterocycles. The van der Waals surface area contributed by atoms with Gasteiger partial charge in [0.25, 0.3) is 5.79 Å². The third-order valence-corrected chi connectivity index (χ3v) is 9.25. The molecule has 1 heterocycles. The third kappa shape index (κ3) is 5.03. The Labute approximate surface area is 239 Å². The van der Waals surface area contributed by atoms with Gasteiger partial charge in [-0.1, -0.05) is 24.6 Å². The van der Waals surface area contributed by atoms with Crippen molar-refractivity contribution in [2.24, 2.45) is 17.8 Å². The van der Waals surface area contributed by atoms with Gasteiger partial charge < -0.3 is 18.7 Å². The van der Waals surface area contributed by atoms with Gasteiger partial charge in [0.2, 0.25) is 0 Å². The molecule has 4 bridgehead atoms. The number of phosphoric acid groups is 1. The number of ether oxygens (including phenoxy) is 1. The first-order chi connectivity index (χ1) is 16.3. The topological polar surface area (TPSA) is 86.3 Å². The smallest absolute Gasteiger partial charge is 0.746 e. The monoisotopic (exact) mass is 582 g/mol. The van der Waals surface area contributed by atoms with E-state index in [4.69, 9.17) is 46.8 Å². The van der Waals surface area contributed by atoms with E-state index in [-0.39, 0.29) is 64.3 Å². The van der Waals surface area contributed by atoms with E-state index in [1.54, 1.807) is 6.92 Å². The second-order valence-electron chi connectivity index (χ2n) is 9.99. The van der Waals surface area contributed by atoms with Gasteiger partial charge in [0, 0.05) is 10.4 Å². The standard InChI is InChI=1S/C22H26Cl2F3O7P.Na/c1-2-5-31-35(28,29)32-18-8-14(3-4-17(18)23)22(30-12-20(25,26)27)21(33-34-22)15-6-13-7-16(21)11-19(24,9-13)10-15;/h3-4,8,13,15-16H,2,5-7,9-12H2,1H3,(H,28,29);/q;+1/p-1. The van der Waals surface area contributed by atoms with Crippen LogP contribution in [0.1, 0.15) is 51.0 Å². The minimum Gasteiger partial charge on any atom is -0.746 e. The maximum absolute atomic E-state index is 13.3. The van der Waals surface area contributed by atoms with Crippen molar-refractivity contribution in [3.05, 3.63) is 28.8 Å². The van der Waals surface area contributed by atoms with Crippen molar-refractivity contribution >= 4 is 31.0 Å². The molecular formula is C22H25Cl2F3NaO7P. The molecule has 1 spiro atoms. The van der Waals surface area contributed by atoms with Crippen LogP contribution >= 0.6 is 31.0 Å². The molecule has 7 nitrogen and oxygen atoms in total. The van der Waals surface area contributed by atoms with Gasteiger partial charge in [0.15, 0.2) is 5.60 Å². The molecule has 0 amide bonds. The van der Waals surface area contributed by atoms with E-state index < -0.39 is 36.9 Å². The van der Waals surface area contributed by atoms with Crippen molar-refractivity contribution in [1.29, 1.82) is 0 Å². The molecule has 1 aromatic rings. The minimum atomic E-state index is -4.78. The van der Waals surface area contributed by atoms with E-state index in [0.717, 1.165) is 19.3 Å². The molecule has 1 aliphatic heterocycles. The zero-order valence-corrected chi connectivity index (χ0v) is 24.2. The Morgan fingerprint density at radius 2 is 1.86 bits per heavy atom. The van der Waals surface area contributed by atoms with Crippen LogP contribution in [0.4, 0.5) is 13.2 Å². The number of halogens is 5. The molecule has 4 unspecified atom stereocenters. The summed E-state index contributed by atoms with van der Waals surface area (Å²) in [7, 11) is -4.78. The molecule has 14 heteroatoms. The van der Waals surface area contributed by atoms with Crippen molar-refractivity contribution in [2.75, 3.05) is 13.2 Å². The summed E-state index contributed by atoms with van der Waals surface area (Å²) in [6.07, 6.45) is -0.788. The molecule has 0 N–H and O–H groups in total. The number of benzene rings is 1. The minimum absolute atomic E-state index is 0. The number of phosphoric ester groups is 1. The van der Waals surface area contributed by atoms with Gasteiger partial charge in [-0.25, -0.2) is 4.89 Å². The maximum Gasteiger partial charge on any atom is 1.00 e. The molecule has 36 heavy (non-hydrogen) atoms. The maximum atomic E-state index is 13.3. The first-order valence-corrected chi connectivity index (χ1v) is 13.7. The summed E-state index contributed by atoms with van der Waals surface area (Å²) in [6, 6.07) is 3.96. The van der Waals surface area contributed by atoms with Crippen molar-refractivity contribution in [2.45, 2.75) is 67.9 Å². The van der Waals surface area contributed by atoms with Crippen LogP contribution in [0.25, 0.3) is 0 Å². The average molecular weight is 583 g/mol. The van der Waals surface area contributed by atoms with E-state index in [0.29, 0.717) is 25.2 Å². The van der Waals surface area contributed by atoms with Gasteiger partial charge in [0.05, 0.1) is 11.6 Å². The van der Waals surface area contributed by atoms with Crippen LogP contribution in [0.5, 0.6) is 5.75 Å². The van der Waals surface area contributed by atoms with Gasteiger partial charge in [-0.3, -0.25) is 4.57 Å². The van der Waals surface area contributed by atoms with Gasteiger partial charge in [0.1, 0.15) is 12.4 Å². The molecule has 196 valence electrons. The summed E-state index contributed by atoms with van der Waals surface area (Å²) in [5.74, 6) is -2.31. The fourth-order valence-electron chi connectivity index (χ4n) is 6.56. The molecule has 0 aromatic heterocycles. The normalized spacial score (nSPS) is 38.4. The molecule has 4 aliphatic carbocycles. The van der Waals surface area contributed by atoms with Gasteiger partial charge in [-0.15, -0.1) is 11.6 Å². The zero-order valence-electron chi connectivity index (χ0n) is 19.8. The molecule has 6 rings (SSSR count). The van der Waals surface area contributed by atoms with Crippen LogP contribution in [0.2, 0.25) is 5.02 Å². The molecule has 4 saturated carbocycles. The van der Waals surface area contributed by atoms with E-state index >= 15 is 0 Å². The van der Waals surface area contributed by atoms with Crippen molar-refractivity contribution in [3.8, 4) is 5.75 Å². The van der Waals surface area contributed by atoms with Crippen LogP contribution in [-0.4, -0.2) is 29.9 Å². The molecule has 1 aromatic carbocycles. The number of hydrogen-bond donors (Lipinski definition) is 0. The van der Waals surface area contributed by atoms with Crippen LogP contribution in [0.3, 0.4) is 0 Å². The summed E-state index contributed by atoms with van der Waals surface area (Å²) < 4.78 is 67.6. The Balaban J connectivity index is 0.00000304. The fourth-order valence-corrected chi connectivity index (χ4v) is 8.22. The summed E-state index contributed by atoms with van der Waals surface area (Å²) >= 11 is 13.0. The number of hydrogen-bond acceptors (Lipinski definition) is 7. The van der Waals surface area contributed by atoms with Crippen LogP contribution < -0.4 is 39.0 Å². The van der Waals surface area contributed by atoms with Gasteiger partial charge in [-0.05, 0) is 68.4 Å². The van der Waals surface area contributed by atoms with E-state index in [2.05, 4.69) is 0 Å². The number of alkyl halides is 4.